The summed E-state index contributed by atoms with van der Waals surface area (Å²) in [6.45, 7) is 7.37. The summed E-state index contributed by atoms with van der Waals surface area (Å²) in [4.78, 5) is 26.8. The second-order valence-electron chi connectivity index (χ2n) is 6.27. The molecule has 0 aliphatic heterocycles. The molecular formula is C21H22FN3O2. The molecular weight excluding hydrogens is 345 g/mol. The first-order chi connectivity index (χ1) is 12.9. The number of amides is 1. The Morgan fingerprint density at radius 1 is 1.07 bits per heavy atom. The van der Waals surface area contributed by atoms with Crippen molar-refractivity contribution < 1.29 is 14.0 Å². The van der Waals surface area contributed by atoms with E-state index in [2.05, 4.69) is 24.1 Å². The maximum atomic E-state index is 13.7. The number of halogens is 1. The van der Waals surface area contributed by atoms with Crippen LogP contribution in [0.25, 0.3) is 10.9 Å². The molecule has 3 aromatic rings. The van der Waals surface area contributed by atoms with Crippen molar-refractivity contribution in [2.75, 3.05) is 23.3 Å². The van der Waals surface area contributed by atoms with E-state index in [-0.39, 0.29) is 17.4 Å². The van der Waals surface area contributed by atoms with E-state index in [1.165, 1.54) is 35.9 Å². The van der Waals surface area contributed by atoms with Gasteiger partial charge in [-0.1, -0.05) is 0 Å². The molecule has 0 saturated heterocycles. The molecule has 0 radical (unpaired) electrons. The van der Waals surface area contributed by atoms with Crippen LogP contribution in [0.3, 0.4) is 0 Å². The molecule has 3 rings (SSSR count). The average molecular weight is 367 g/mol. The van der Waals surface area contributed by atoms with Crippen molar-refractivity contribution in [3.05, 3.63) is 60.0 Å². The summed E-state index contributed by atoms with van der Waals surface area (Å²) in [5, 5.41) is 3.22. The highest BCUT2D eigenvalue weighted by Gasteiger charge is 2.17. The van der Waals surface area contributed by atoms with Crippen LogP contribution >= 0.6 is 0 Å². The maximum absolute atomic E-state index is 13.7. The molecule has 0 spiro atoms. The van der Waals surface area contributed by atoms with Crippen LogP contribution in [0.5, 0.6) is 0 Å². The third kappa shape index (κ3) is 3.69. The standard InChI is InChI=1S/C21H22FN3O2/c1-4-24(5-2)17-9-7-16(8-10-17)23-21(27)19-13-25(14(3)26)20-11-6-15(22)12-18(19)20/h6-13H,4-5H2,1-3H3,(H,23,27). The molecule has 6 heteroatoms. The van der Waals surface area contributed by atoms with E-state index >= 15 is 0 Å². The highest BCUT2D eigenvalue weighted by atomic mass is 19.1. The quantitative estimate of drug-likeness (QED) is 0.720. The van der Waals surface area contributed by atoms with Crippen molar-refractivity contribution in [2.45, 2.75) is 20.8 Å². The smallest absolute Gasteiger partial charge is 0.257 e. The molecule has 1 N–H and O–H groups in total. The molecule has 1 aromatic heterocycles. The molecule has 140 valence electrons. The summed E-state index contributed by atoms with van der Waals surface area (Å²) in [6.07, 6.45) is 1.45. The van der Waals surface area contributed by atoms with Crippen molar-refractivity contribution in [1.29, 1.82) is 0 Å². The Bertz CT molecular complexity index is 989. The SMILES string of the molecule is CCN(CC)c1ccc(NC(=O)c2cn(C(C)=O)c3ccc(F)cc23)cc1. The van der Waals surface area contributed by atoms with Gasteiger partial charge in [-0.25, -0.2) is 4.39 Å². The molecule has 27 heavy (non-hydrogen) atoms. The van der Waals surface area contributed by atoms with Gasteiger partial charge >= 0.3 is 0 Å². The lowest BCUT2D eigenvalue weighted by Crippen LogP contribution is -2.21. The van der Waals surface area contributed by atoms with E-state index in [0.717, 1.165) is 18.8 Å². The van der Waals surface area contributed by atoms with E-state index in [1.807, 2.05) is 24.3 Å². The zero-order chi connectivity index (χ0) is 19.6. The highest BCUT2D eigenvalue weighted by Crippen LogP contribution is 2.24. The van der Waals surface area contributed by atoms with Crippen molar-refractivity contribution in [3.63, 3.8) is 0 Å². The monoisotopic (exact) mass is 367 g/mol. The fourth-order valence-corrected chi connectivity index (χ4v) is 3.19. The van der Waals surface area contributed by atoms with Gasteiger partial charge in [0.25, 0.3) is 5.91 Å². The number of rotatable bonds is 5. The molecule has 0 bridgehead atoms. The fraction of sp³-hybridized carbons (Fsp3) is 0.238. The molecule has 0 fully saturated rings. The van der Waals surface area contributed by atoms with Crippen molar-refractivity contribution in [2.24, 2.45) is 0 Å². The van der Waals surface area contributed by atoms with E-state index in [9.17, 15) is 14.0 Å². The molecule has 0 saturated carbocycles. The van der Waals surface area contributed by atoms with Gasteiger partial charge in [0.1, 0.15) is 5.82 Å². The third-order valence-electron chi connectivity index (χ3n) is 4.60. The number of fused-ring (bicyclic) bond motifs is 1. The lowest BCUT2D eigenvalue weighted by Gasteiger charge is -2.21. The number of carbonyl (C=O) groups excluding carboxylic acids is 2. The number of anilines is 2. The largest absolute Gasteiger partial charge is 0.372 e. The maximum Gasteiger partial charge on any atom is 0.257 e. The first-order valence-corrected chi connectivity index (χ1v) is 8.92. The number of benzene rings is 2. The zero-order valence-corrected chi connectivity index (χ0v) is 15.6. The van der Waals surface area contributed by atoms with Crippen LogP contribution in [0, 0.1) is 5.82 Å². The Kier molecular flexibility index (Phi) is 5.26. The predicted octanol–water partition coefficient (Wildman–Crippen LogP) is 4.54. The third-order valence-corrected chi connectivity index (χ3v) is 4.60. The summed E-state index contributed by atoms with van der Waals surface area (Å²) in [6, 6.07) is 11.6. The van der Waals surface area contributed by atoms with E-state index in [4.69, 9.17) is 0 Å². The van der Waals surface area contributed by atoms with Gasteiger partial charge in [0.05, 0.1) is 11.1 Å². The van der Waals surface area contributed by atoms with E-state index in [1.54, 1.807) is 0 Å². The second-order valence-corrected chi connectivity index (χ2v) is 6.27. The summed E-state index contributed by atoms with van der Waals surface area (Å²) < 4.78 is 15.0. The van der Waals surface area contributed by atoms with Crippen molar-refractivity contribution in [3.8, 4) is 0 Å². The topological polar surface area (TPSA) is 54.3 Å². The van der Waals surface area contributed by atoms with Crippen LogP contribution in [0.1, 0.15) is 35.9 Å². The van der Waals surface area contributed by atoms with Gasteiger partial charge in [0.2, 0.25) is 5.91 Å². The molecule has 5 nitrogen and oxygen atoms in total. The van der Waals surface area contributed by atoms with Gasteiger partial charge in [-0.3, -0.25) is 14.2 Å². The van der Waals surface area contributed by atoms with E-state index < -0.39 is 5.82 Å². The summed E-state index contributed by atoms with van der Waals surface area (Å²) in [5.74, 6) is -1.09. The minimum atomic E-state index is -0.457. The molecule has 1 amide bonds. The van der Waals surface area contributed by atoms with Crippen LogP contribution in [-0.2, 0) is 0 Å². The summed E-state index contributed by atoms with van der Waals surface area (Å²) in [5.41, 5.74) is 2.47. The van der Waals surface area contributed by atoms with Gasteiger partial charge in [-0.05, 0) is 56.3 Å². The van der Waals surface area contributed by atoms with E-state index in [0.29, 0.717) is 16.6 Å². The number of nitrogens with zero attached hydrogens (tertiary/aromatic N) is 2. The molecule has 1 heterocycles. The molecule has 0 aliphatic rings. The minimum absolute atomic E-state index is 0.241. The lowest BCUT2D eigenvalue weighted by atomic mass is 10.1. The van der Waals surface area contributed by atoms with Crippen LogP contribution in [-0.4, -0.2) is 29.5 Å². The number of aromatic nitrogens is 1. The summed E-state index contributed by atoms with van der Waals surface area (Å²) >= 11 is 0. The number of carbonyl (C=O) groups is 2. The molecule has 0 atom stereocenters. The predicted molar refractivity (Wildman–Crippen MR) is 106 cm³/mol. The van der Waals surface area contributed by atoms with Crippen LogP contribution < -0.4 is 10.2 Å². The van der Waals surface area contributed by atoms with Crippen molar-refractivity contribution in [1.82, 2.24) is 4.57 Å². The Balaban J connectivity index is 1.90. The van der Waals surface area contributed by atoms with Crippen LogP contribution in [0.2, 0.25) is 0 Å². The van der Waals surface area contributed by atoms with Crippen LogP contribution in [0.4, 0.5) is 15.8 Å². The number of hydrogen-bond donors (Lipinski definition) is 1. The van der Waals surface area contributed by atoms with Crippen LogP contribution in [0.15, 0.2) is 48.7 Å². The zero-order valence-electron chi connectivity index (χ0n) is 15.6. The minimum Gasteiger partial charge on any atom is -0.372 e. The van der Waals surface area contributed by atoms with Gasteiger partial charge in [-0.15, -0.1) is 0 Å². The highest BCUT2D eigenvalue weighted by molar-refractivity contribution is 6.14. The Morgan fingerprint density at radius 2 is 1.74 bits per heavy atom. The Hall–Kier alpha value is -3.15. The second kappa shape index (κ2) is 7.61. The fourth-order valence-electron chi connectivity index (χ4n) is 3.19. The molecule has 2 aromatic carbocycles. The number of hydrogen-bond acceptors (Lipinski definition) is 3. The van der Waals surface area contributed by atoms with Gasteiger partial charge in [-0.2, -0.15) is 0 Å². The van der Waals surface area contributed by atoms with Gasteiger partial charge in [0.15, 0.2) is 0 Å². The van der Waals surface area contributed by atoms with Gasteiger partial charge in [0, 0.05) is 43.0 Å². The molecule has 0 aliphatic carbocycles. The summed E-state index contributed by atoms with van der Waals surface area (Å²) in [7, 11) is 0. The average Bonchev–Trinajstić information content (AvgIpc) is 3.03. The lowest BCUT2D eigenvalue weighted by molar-refractivity contribution is 0.0941. The number of nitrogens with one attached hydrogen (secondary N) is 1. The Morgan fingerprint density at radius 3 is 2.33 bits per heavy atom. The first kappa shape index (κ1) is 18.6. The normalized spacial score (nSPS) is 10.8. The van der Waals surface area contributed by atoms with Crippen molar-refractivity contribution >= 4 is 34.1 Å². The van der Waals surface area contributed by atoms with Gasteiger partial charge < -0.3 is 10.2 Å². The first-order valence-electron chi connectivity index (χ1n) is 8.92. The molecule has 0 unspecified atom stereocenters. The Labute approximate surface area is 157 Å².